The molecule has 4 atom stereocenters. The molecule has 6 heteroatoms. The predicted octanol–water partition coefficient (Wildman–Crippen LogP) is 6.68. The molecule has 4 unspecified atom stereocenters. The summed E-state index contributed by atoms with van der Waals surface area (Å²) in [5.74, 6) is 0.605. The summed E-state index contributed by atoms with van der Waals surface area (Å²) in [6.45, 7) is 17.3. The van der Waals surface area contributed by atoms with E-state index in [1.54, 1.807) is 11.0 Å². The lowest BCUT2D eigenvalue weighted by molar-refractivity contribution is -0.191. The molecule has 0 saturated heterocycles. The van der Waals surface area contributed by atoms with Crippen molar-refractivity contribution >= 4 is 23.3 Å². The maximum Gasteiger partial charge on any atom is 0.303 e. The van der Waals surface area contributed by atoms with E-state index in [0.717, 1.165) is 36.4 Å². The molecule has 0 bridgehead atoms. The van der Waals surface area contributed by atoms with E-state index in [9.17, 15) is 4.79 Å². The monoisotopic (exact) mass is 471 g/mol. The number of hydrogen-bond donors (Lipinski definition) is 0. The SMILES string of the molecule is C=C(C(C(C)(C)Cc1ccc(Cl)cc1)C1(OC(C)=O)CC(C)CCC1C(C)C)n1cncn1. The number of esters is 1. The number of ether oxygens (including phenoxy) is 1. The topological polar surface area (TPSA) is 57.0 Å². The number of nitrogens with zero attached hydrogens (tertiary/aromatic N) is 3. The van der Waals surface area contributed by atoms with Gasteiger partial charge in [-0.15, -0.1) is 0 Å². The van der Waals surface area contributed by atoms with Crippen molar-refractivity contribution in [2.75, 3.05) is 0 Å². The second-order valence-corrected chi connectivity index (χ2v) is 11.3. The Kier molecular flexibility index (Phi) is 7.73. The van der Waals surface area contributed by atoms with Crippen LogP contribution < -0.4 is 0 Å². The van der Waals surface area contributed by atoms with Crippen molar-refractivity contribution in [1.29, 1.82) is 0 Å². The average molecular weight is 472 g/mol. The van der Waals surface area contributed by atoms with Crippen LogP contribution in [-0.4, -0.2) is 26.3 Å². The molecule has 1 aromatic heterocycles. The first-order valence-corrected chi connectivity index (χ1v) is 12.3. The Hall–Kier alpha value is -2.14. The number of aromatic nitrogens is 3. The molecular weight excluding hydrogens is 434 g/mol. The quantitative estimate of drug-likeness (QED) is 0.403. The zero-order valence-corrected chi connectivity index (χ0v) is 21.6. The van der Waals surface area contributed by atoms with Crippen molar-refractivity contribution in [3.05, 3.63) is 54.1 Å². The summed E-state index contributed by atoms with van der Waals surface area (Å²) in [6, 6.07) is 7.99. The zero-order chi connectivity index (χ0) is 24.4. The second kappa shape index (κ2) is 10.0. The minimum Gasteiger partial charge on any atom is -0.458 e. The van der Waals surface area contributed by atoms with Crippen LogP contribution in [0.1, 0.15) is 66.4 Å². The van der Waals surface area contributed by atoms with Gasteiger partial charge in [-0.1, -0.05) is 71.4 Å². The highest BCUT2D eigenvalue weighted by molar-refractivity contribution is 6.30. The average Bonchev–Trinajstić information content (AvgIpc) is 3.23. The van der Waals surface area contributed by atoms with Gasteiger partial charge in [0.05, 0.1) is 0 Å². The lowest BCUT2D eigenvalue weighted by atomic mass is 9.54. The molecule has 1 fully saturated rings. The molecule has 0 amide bonds. The lowest BCUT2D eigenvalue weighted by Gasteiger charge is -2.56. The molecule has 3 rings (SSSR count). The molecular formula is C27H38ClN3O2. The van der Waals surface area contributed by atoms with E-state index < -0.39 is 5.60 Å². The minimum absolute atomic E-state index is 0.165. The van der Waals surface area contributed by atoms with Gasteiger partial charge >= 0.3 is 5.97 Å². The molecule has 1 aromatic carbocycles. The third-order valence-electron chi connectivity index (χ3n) is 7.29. The van der Waals surface area contributed by atoms with Gasteiger partial charge in [-0.3, -0.25) is 4.79 Å². The number of rotatable bonds is 8. The van der Waals surface area contributed by atoms with Crippen LogP contribution in [0.2, 0.25) is 5.02 Å². The van der Waals surface area contributed by atoms with E-state index in [2.05, 4.69) is 63.4 Å². The Morgan fingerprint density at radius 2 is 1.97 bits per heavy atom. The first-order valence-electron chi connectivity index (χ1n) is 11.9. The Bertz CT molecular complexity index is 952. The van der Waals surface area contributed by atoms with E-state index in [4.69, 9.17) is 16.3 Å². The summed E-state index contributed by atoms with van der Waals surface area (Å²) in [5, 5.41) is 5.13. The van der Waals surface area contributed by atoms with Crippen molar-refractivity contribution in [3.63, 3.8) is 0 Å². The van der Waals surface area contributed by atoms with Crippen molar-refractivity contribution in [1.82, 2.24) is 14.8 Å². The highest BCUT2D eigenvalue weighted by Gasteiger charge is 2.57. The molecule has 33 heavy (non-hydrogen) atoms. The Labute approximate surface area is 203 Å². The molecule has 1 saturated carbocycles. The Morgan fingerprint density at radius 1 is 1.30 bits per heavy atom. The molecule has 1 aliphatic rings. The van der Waals surface area contributed by atoms with Gasteiger partial charge in [-0.05, 0) is 54.2 Å². The summed E-state index contributed by atoms with van der Waals surface area (Å²) in [4.78, 5) is 16.8. The van der Waals surface area contributed by atoms with Gasteiger partial charge in [0.2, 0.25) is 0 Å². The first-order chi connectivity index (χ1) is 15.5. The van der Waals surface area contributed by atoms with Crippen LogP contribution in [0.4, 0.5) is 0 Å². The van der Waals surface area contributed by atoms with Gasteiger partial charge in [0, 0.05) is 29.5 Å². The summed E-state index contributed by atoms with van der Waals surface area (Å²) in [6.07, 6.45) is 6.95. The van der Waals surface area contributed by atoms with Crippen LogP contribution in [0.5, 0.6) is 0 Å². The second-order valence-electron chi connectivity index (χ2n) is 10.8. The van der Waals surface area contributed by atoms with Crippen molar-refractivity contribution in [3.8, 4) is 0 Å². The summed E-state index contributed by atoms with van der Waals surface area (Å²) in [7, 11) is 0. The van der Waals surface area contributed by atoms with Crippen LogP contribution in [0.25, 0.3) is 5.70 Å². The van der Waals surface area contributed by atoms with E-state index in [1.165, 1.54) is 18.8 Å². The number of benzene rings is 1. The van der Waals surface area contributed by atoms with Crippen molar-refractivity contribution in [2.45, 2.75) is 72.8 Å². The lowest BCUT2D eigenvalue weighted by Crippen LogP contribution is -2.58. The summed E-state index contributed by atoms with van der Waals surface area (Å²) in [5.41, 5.74) is 1.02. The van der Waals surface area contributed by atoms with Crippen LogP contribution >= 0.6 is 11.6 Å². The molecule has 1 heterocycles. The molecule has 1 aliphatic carbocycles. The van der Waals surface area contributed by atoms with Gasteiger partial charge in [-0.25, -0.2) is 9.67 Å². The highest BCUT2D eigenvalue weighted by Crippen LogP contribution is 2.56. The van der Waals surface area contributed by atoms with E-state index in [1.807, 2.05) is 12.1 Å². The summed E-state index contributed by atoms with van der Waals surface area (Å²) >= 11 is 6.14. The molecule has 2 aromatic rings. The number of halogens is 1. The van der Waals surface area contributed by atoms with Crippen LogP contribution in [0.15, 0.2) is 43.5 Å². The Morgan fingerprint density at radius 3 is 2.52 bits per heavy atom. The van der Waals surface area contributed by atoms with Crippen molar-refractivity contribution in [2.24, 2.45) is 29.1 Å². The standard InChI is InChI=1S/C27H38ClN3O2/c1-18(2)24-13-8-19(3)14-27(24,33-21(5)32)25(20(4)31-17-29-16-30-31)26(6,7)15-22-9-11-23(28)12-10-22/h9-12,16-19,24-25H,4,8,13-15H2,1-3,5-7H3. The first kappa shape index (κ1) is 25.5. The minimum atomic E-state index is -0.684. The zero-order valence-electron chi connectivity index (χ0n) is 20.8. The summed E-state index contributed by atoms with van der Waals surface area (Å²) < 4.78 is 8.21. The highest BCUT2D eigenvalue weighted by atomic mass is 35.5. The number of carbonyl (C=O) groups excluding carboxylic acids is 1. The fourth-order valence-electron chi connectivity index (χ4n) is 6.29. The van der Waals surface area contributed by atoms with Crippen LogP contribution in [-0.2, 0) is 16.0 Å². The van der Waals surface area contributed by atoms with Crippen LogP contribution in [0.3, 0.4) is 0 Å². The third kappa shape index (κ3) is 5.51. The number of carbonyl (C=O) groups is 1. The molecule has 180 valence electrons. The normalized spacial score (nSPS) is 24.5. The van der Waals surface area contributed by atoms with Gasteiger partial charge in [0.1, 0.15) is 18.3 Å². The molecule has 0 spiro atoms. The smallest absolute Gasteiger partial charge is 0.303 e. The maximum absolute atomic E-state index is 12.6. The van der Waals surface area contributed by atoms with Gasteiger partial charge in [0.15, 0.2) is 0 Å². The molecule has 0 N–H and O–H groups in total. The Balaban J connectivity index is 2.18. The fourth-order valence-corrected chi connectivity index (χ4v) is 6.42. The maximum atomic E-state index is 12.6. The third-order valence-corrected chi connectivity index (χ3v) is 7.55. The van der Waals surface area contributed by atoms with Crippen LogP contribution in [0, 0.1) is 29.1 Å². The van der Waals surface area contributed by atoms with Gasteiger partial charge in [0.25, 0.3) is 0 Å². The predicted molar refractivity (Wildman–Crippen MR) is 134 cm³/mol. The van der Waals surface area contributed by atoms with E-state index in [-0.39, 0.29) is 23.2 Å². The molecule has 5 nitrogen and oxygen atoms in total. The largest absolute Gasteiger partial charge is 0.458 e. The van der Waals surface area contributed by atoms with E-state index in [0.29, 0.717) is 11.8 Å². The van der Waals surface area contributed by atoms with Gasteiger partial charge < -0.3 is 4.74 Å². The molecule has 0 radical (unpaired) electrons. The van der Waals surface area contributed by atoms with E-state index >= 15 is 0 Å². The fraction of sp³-hybridized carbons (Fsp3) is 0.593. The van der Waals surface area contributed by atoms with Gasteiger partial charge in [-0.2, -0.15) is 5.10 Å². The molecule has 0 aliphatic heterocycles. The van der Waals surface area contributed by atoms with Crippen molar-refractivity contribution < 1.29 is 9.53 Å². The number of hydrogen-bond acceptors (Lipinski definition) is 4.